The van der Waals surface area contributed by atoms with Crippen LogP contribution in [0.3, 0.4) is 0 Å². The Bertz CT molecular complexity index is 393. The summed E-state index contributed by atoms with van der Waals surface area (Å²) in [7, 11) is 0. The molecule has 4 heteroatoms. The number of rotatable bonds is 1. The highest BCUT2D eigenvalue weighted by Gasteiger charge is 2.07. The van der Waals surface area contributed by atoms with Gasteiger partial charge in [0.25, 0.3) is 0 Å². The van der Waals surface area contributed by atoms with E-state index in [-0.39, 0.29) is 0 Å². The lowest BCUT2D eigenvalue weighted by Gasteiger charge is -1.84. The van der Waals surface area contributed by atoms with Gasteiger partial charge in [0.2, 0.25) is 6.33 Å². The minimum absolute atomic E-state index is 0.569. The smallest absolute Gasteiger partial charge is 0.294 e. The number of aldehydes is 1. The van der Waals surface area contributed by atoms with E-state index in [4.69, 9.17) is 0 Å². The highest BCUT2D eigenvalue weighted by molar-refractivity contribution is 5.69. The molecule has 2 aromatic heterocycles. The molecule has 0 atom stereocenters. The summed E-state index contributed by atoms with van der Waals surface area (Å²) in [6.07, 6.45) is 2.33. The molecule has 0 aliphatic heterocycles. The van der Waals surface area contributed by atoms with E-state index in [0.717, 1.165) is 11.9 Å². The van der Waals surface area contributed by atoms with Crippen LogP contribution >= 0.6 is 0 Å². The summed E-state index contributed by atoms with van der Waals surface area (Å²) in [5, 5.41) is 2.81. The average molecular weight is 148 g/mol. The molecule has 0 fully saturated rings. The summed E-state index contributed by atoms with van der Waals surface area (Å²) in [6.45, 7) is 0. The molecule has 2 aromatic rings. The van der Waals surface area contributed by atoms with Gasteiger partial charge >= 0.3 is 5.65 Å². The number of pyridine rings is 1. The molecule has 0 unspecified atom stereocenters. The van der Waals surface area contributed by atoms with Crippen molar-refractivity contribution in [2.24, 2.45) is 0 Å². The molecule has 0 spiro atoms. The molecule has 2 rings (SSSR count). The first-order valence-corrected chi connectivity index (χ1v) is 3.21. The Balaban J connectivity index is 2.88. The molecular formula is C7H6N3O+. The van der Waals surface area contributed by atoms with Crippen LogP contribution in [-0.2, 0) is 0 Å². The van der Waals surface area contributed by atoms with Gasteiger partial charge in [0.1, 0.15) is 0 Å². The van der Waals surface area contributed by atoms with E-state index in [1.165, 1.54) is 0 Å². The van der Waals surface area contributed by atoms with E-state index in [9.17, 15) is 4.79 Å². The van der Waals surface area contributed by atoms with Gasteiger partial charge in [0.05, 0.1) is 0 Å². The van der Waals surface area contributed by atoms with Crippen molar-refractivity contribution in [3.63, 3.8) is 0 Å². The second kappa shape index (κ2) is 2.16. The lowest BCUT2D eigenvalue weighted by atomic mass is 10.4. The Hall–Kier alpha value is -1.71. The molecule has 4 nitrogen and oxygen atoms in total. The van der Waals surface area contributed by atoms with Crippen LogP contribution in [0.25, 0.3) is 5.65 Å². The van der Waals surface area contributed by atoms with Crippen molar-refractivity contribution in [2.45, 2.75) is 0 Å². The molecule has 0 bridgehead atoms. The zero-order valence-corrected chi connectivity index (χ0v) is 5.69. The number of H-pyrrole nitrogens is 1. The Kier molecular flexibility index (Phi) is 1.18. The lowest BCUT2D eigenvalue weighted by Crippen LogP contribution is -2.28. The Morgan fingerprint density at radius 1 is 1.55 bits per heavy atom. The van der Waals surface area contributed by atoms with Gasteiger partial charge in [-0.1, -0.05) is 0 Å². The van der Waals surface area contributed by atoms with Crippen LogP contribution in [0.5, 0.6) is 0 Å². The second-order valence-electron chi connectivity index (χ2n) is 2.15. The van der Waals surface area contributed by atoms with E-state index in [0.29, 0.717) is 5.69 Å². The topological polar surface area (TPSA) is 49.9 Å². The second-order valence-corrected chi connectivity index (χ2v) is 2.15. The van der Waals surface area contributed by atoms with Gasteiger partial charge in [-0.2, -0.15) is 5.10 Å². The molecule has 1 N–H and O–H groups in total. The Morgan fingerprint density at radius 2 is 2.45 bits per heavy atom. The summed E-state index contributed by atoms with van der Waals surface area (Å²) in [4.78, 5) is 14.4. The highest BCUT2D eigenvalue weighted by Crippen LogP contribution is 1.91. The summed E-state index contributed by atoms with van der Waals surface area (Å²) < 4.78 is 1.62. The number of hydrogen-bond donors (Lipinski definition) is 1. The molecule has 0 amide bonds. The SMILES string of the molecule is O=Cc1cccc2nc[nH][n+]12. The fourth-order valence-electron chi connectivity index (χ4n) is 1.00. The molecular weight excluding hydrogens is 142 g/mol. The molecule has 2 heterocycles. The predicted octanol–water partition coefficient (Wildman–Crippen LogP) is -0.0391. The van der Waals surface area contributed by atoms with Gasteiger partial charge in [-0.15, -0.1) is 4.52 Å². The Morgan fingerprint density at radius 3 is 3.27 bits per heavy atom. The fourth-order valence-corrected chi connectivity index (χ4v) is 1.00. The van der Waals surface area contributed by atoms with Gasteiger partial charge in [0, 0.05) is 6.07 Å². The summed E-state index contributed by atoms with van der Waals surface area (Å²) >= 11 is 0. The van der Waals surface area contributed by atoms with Crippen molar-refractivity contribution in [2.75, 3.05) is 0 Å². The number of aromatic nitrogens is 3. The van der Waals surface area contributed by atoms with Crippen LogP contribution in [-0.4, -0.2) is 16.4 Å². The minimum atomic E-state index is 0.569. The predicted molar refractivity (Wildman–Crippen MR) is 37.1 cm³/mol. The maximum Gasteiger partial charge on any atom is 0.348 e. The lowest BCUT2D eigenvalue weighted by molar-refractivity contribution is -0.579. The summed E-state index contributed by atoms with van der Waals surface area (Å²) in [5.41, 5.74) is 1.31. The standard InChI is InChI=1S/C7H5N3O/c11-4-6-2-1-3-7-8-5-9-10(6)7/h1-5H/p+1. The summed E-state index contributed by atoms with van der Waals surface area (Å²) in [6, 6.07) is 5.33. The quantitative estimate of drug-likeness (QED) is 0.455. The molecule has 0 aromatic carbocycles. The summed E-state index contributed by atoms with van der Waals surface area (Å²) in [5.74, 6) is 0. The number of carbonyl (C=O) groups is 1. The van der Waals surface area contributed by atoms with Crippen molar-refractivity contribution in [1.29, 1.82) is 0 Å². The highest BCUT2D eigenvalue weighted by atomic mass is 16.1. The Labute approximate surface area is 62.5 Å². The zero-order valence-electron chi connectivity index (χ0n) is 5.69. The number of nitrogens with zero attached hydrogens (tertiary/aromatic N) is 2. The third-order valence-corrected chi connectivity index (χ3v) is 1.50. The molecule has 0 radical (unpaired) electrons. The van der Waals surface area contributed by atoms with Gasteiger partial charge in [-0.3, -0.25) is 4.79 Å². The number of aromatic amines is 1. The first-order valence-electron chi connectivity index (χ1n) is 3.21. The van der Waals surface area contributed by atoms with Gasteiger partial charge < -0.3 is 0 Å². The maximum atomic E-state index is 10.4. The van der Waals surface area contributed by atoms with Gasteiger partial charge in [-0.05, 0) is 17.1 Å². The molecule has 0 saturated heterocycles. The van der Waals surface area contributed by atoms with Crippen LogP contribution in [0.2, 0.25) is 0 Å². The minimum Gasteiger partial charge on any atom is -0.294 e. The normalized spacial score (nSPS) is 10.2. The zero-order chi connectivity index (χ0) is 7.68. The van der Waals surface area contributed by atoms with Crippen molar-refractivity contribution >= 4 is 11.9 Å². The fraction of sp³-hybridized carbons (Fsp3) is 0. The van der Waals surface area contributed by atoms with Gasteiger partial charge in [0.15, 0.2) is 12.0 Å². The number of fused-ring (bicyclic) bond motifs is 1. The average Bonchev–Trinajstić information content (AvgIpc) is 2.50. The third kappa shape index (κ3) is 0.797. The van der Waals surface area contributed by atoms with E-state index in [2.05, 4.69) is 10.1 Å². The van der Waals surface area contributed by atoms with Crippen LogP contribution in [0.1, 0.15) is 10.5 Å². The van der Waals surface area contributed by atoms with Crippen LogP contribution < -0.4 is 4.52 Å². The van der Waals surface area contributed by atoms with E-state index in [1.807, 2.05) is 6.07 Å². The van der Waals surface area contributed by atoms with E-state index >= 15 is 0 Å². The largest absolute Gasteiger partial charge is 0.348 e. The van der Waals surface area contributed by atoms with Crippen LogP contribution in [0, 0.1) is 0 Å². The van der Waals surface area contributed by atoms with Crippen LogP contribution in [0.15, 0.2) is 24.5 Å². The monoisotopic (exact) mass is 148 g/mol. The number of hydrogen-bond acceptors (Lipinski definition) is 2. The molecule has 0 aliphatic carbocycles. The maximum absolute atomic E-state index is 10.4. The third-order valence-electron chi connectivity index (χ3n) is 1.50. The van der Waals surface area contributed by atoms with E-state index in [1.54, 1.807) is 23.0 Å². The molecule has 0 saturated carbocycles. The van der Waals surface area contributed by atoms with Crippen molar-refractivity contribution < 1.29 is 9.31 Å². The first-order chi connectivity index (χ1) is 5.42. The number of carbonyl (C=O) groups excluding carboxylic acids is 1. The molecule has 0 aliphatic rings. The first kappa shape index (κ1) is 6.03. The molecule has 11 heavy (non-hydrogen) atoms. The number of nitrogens with one attached hydrogen (secondary N) is 1. The van der Waals surface area contributed by atoms with Crippen molar-refractivity contribution in [3.05, 3.63) is 30.2 Å². The van der Waals surface area contributed by atoms with Crippen LogP contribution in [0.4, 0.5) is 0 Å². The van der Waals surface area contributed by atoms with Gasteiger partial charge in [-0.25, -0.2) is 0 Å². The van der Waals surface area contributed by atoms with E-state index < -0.39 is 0 Å². The van der Waals surface area contributed by atoms with Crippen molar-refractivity contribution in [3.8, 4) is 0 Å². The molecule has 54 valence electrons. The van der Waals surface area contributed by atoms with Crippen molar-refractivity contribution in [1.82, 2.24) is 10.1 Å².